The number of rotatable bonds is 6. The van der Waals surface area contributed by atoms with Crippen molar-refractivity contribution < 1.29 is 34.8 Å². The minimum atomic E-state index is -2.67. The van der Waals surface area contributed by atoms with Crippen molar-refractivity contribution in [2.45, 2.75) is 37.8 Å². The lowest BCUT2D eigenvalue weighted by Gasteiger charge is -2.50. The summed E-state index contributed by atoms with van der Waals surface area (Å²) < 4.78 is 0. The molecule has 1 amide bonds. The lowest BCUT2D eigenvalue weighted by Crippen LogP contribution is -2.63. The number of carbonyl (C=O) groups is 3. The van der Waals surface area contributed by atoms with Crippen LogP contribution in [0, 0.1) is 11.8 Å². The fourth-order valence-electron chi connectivity index (χ4n) is 5.92. The summed E-state index contributed by atoms with van der Waals surface area (Å²) in [5, 5.41) is 47.9. The number of fused-ring (bicyclic) bond motifs is 3. The third-order valence-corrected chi connectivity index (χ3v) is 7.53. The third kappa shape index (κ3) is 3.65. The molecule has 0 spiro atoms. The number of carbonyl (C=O) groups excluding carboxylic acids is 3. The molecule has 12 heteroatoms. The maximum Gasteiger partial charge on any atom is 0.255 e. The molecule has 0 bridgehead atoms. The second kappa shape index (κ2) is 9.03. The van der Waals surface area contributed by atoms with Crippen LogP contribution in [0.5, 0.6) is 5.75 Å². The molecule has 37 heavy (non-hydrogen) atoms. The van der Waals surface area contributed by atoms with Gasteiger partial charge in [-0.15, -0.1) is 0 Å². The molecule has 1 heterocycles. The van der Waals surface area contributed by atoms with E-state index in [9.17, 15) is 34.8 Å². The van der Waals surface area contributed by atoms with Crippen LogP contribution in [0.25, 0.3) is 0 Å². The Morgan fingerprint density at radius 2 is 1.84 bits per heavy atom. The van der Waals surface area contributed by atoms with Gasteiger partial charge in [0, 0.05) is 37.7 Å². The van der Waals surface area contributed by atoms with Gasteiger partial charge in [-0.25, -0.2) is 4.98 Å². The van der Waals surface area contributed by atoms with Crippen molar-refractivity contribution in [2.75, 3.05) is 45.0 Å². The largest absolute Gasteiger partial charge is 0.510 e. The monoisotopic (exact) mass is 515 g/mol. The lowest BCUT2D eigenvalue weighted by atomic mass is 9.58. The van der Waals surface area contributed by atoms with Crippen LogP contribution < -0.4 is 16.0 Å². The predicted octanol–water partition coefficient (Wildman–Crippen LogP) is 0.404. The van der Waals surface area contributed by atoms with E-state index in [0.29, 0.717) is 17.9 Å². The van der Waals surface area contributed by atoms with Crippen LogP contribution in [0.2, 0.25) is 0 Å². The van der Waals surface area contributed by atoms with Gasteiger partial charge >= 0.3 is 0 Å². The number of aliphatic hydroxyl groups is 3. The molecule has 4 atom stereocenters. The normalized spacial score (nSPS) is 27.2. The van der Waals surface area contributed by atoms with Crippen LogP contribution in [0.4, 0.5) is 11.6 Å². The van der Waals surface area contributed by atoms with Crippen molar-refractivity contribution in [3.63, 3.8) is 0 Å². The summed E-state index contributed by atoms with van der Waals surface area (Å²) in [6.07, 6.45) is 0.940. The molecule has 12 nitrogen and oxygen atoms in total. The van der Waals surface area contributed by atoms with Gasteiger partial charge in [-0.3, -0.25) is 19.3 Å². The van der Waals surface area contributed by atoms with Crippen molar-refractivity contribution >= 4 is 29.1 Å². The first-order chi connectivity index (χ1) is 17.3. The smallest absolute Gasteiger partial charge is 0.255 e. The quantitative estimate of drug-likeness (QED) is 0.288. The standard InChI is InChI=1S/C25H33N5O7/c1-6-7-27-23-19(33)14-11(24(28-23)30(4)5)8-10-9-12-16(29(2)3)18(32)15(22(26)36)21(35)25(12,37)20(34)13(10)17(14)31/h10,12,16,32-34,37H,6-9H2,1-5H3,(H2,26,36)(H,27,28)/t10-,12-,16-,25-/m0/s1. The Kier molecular flexibility index (Phi) is 6.45. The molecule has 0 saturated heterocycles. The minimum absolute atomic E-state index is 0.0230. The van der Waals surface area contributed by atoms with E-state index in [0.717, 1.165) is 6.42 Å². The summed E-state index contributed by atoms with van der Waals surface area (Å²) in [5.74, 6) is -6.30. The fraction of sp³-hybridized carbons (Fsp3) is 0.520. The second-order valence-corrected chi connectivity index (χ2v) is 10.3. The molecular formula is C25H33N5O7. The second-order valence-electron chi connectivity index (χ2n) is 10.3. The lowest BCUT2D eigenvalue weighted by molar-refractivity contribution is -0.148. The number of allylic oxidation sites excluding steroid dienone is 1. The van der Waals surface area contributed by atoms with Crippen molar-refractivity contribution in [1.29, 1.82) is 0 Å². The van der Waals surface area contributed by atoms with Gasteiger partial charge in [-0.1, -0.05) is 6.92 Å². The molecule has 0 radical (unpaired) electrons. The molecule has 0 saturated carbocycles. The van der Waals surface area contributed by atoms with E-state index in [4.69, 9.17) is 5.73 Å². The highest BCUT2D eigenvalue weighted by Gasteiger charge is 2.63. The van der Waals surface area contributed by atoms with Gasteiger partial charge in [0.1, 0.15) is 22.9 Å². The first kappa shape index (κ1) is 26.4. The average Bonchev–Trinajstić information content (AvgIpc) is 2.80. The summed E-state index contributed by atoms with van der Waals surface area (Å²) in [6.45, 7) is 2.42. The summed E-state index contributed by atoms with van der Waals surface area (Å²) in [4.78, 5) is 47.1. The van der Waals surface area contributed by atoms with Crippen LogP contribution in [0.1, 0.15) is 35.7 Å². The van der Waals surface area contributed by atoms with Crippen molar-refractivity contribution in [3.8, 4) is 5.75 Å². The highest BCUT2D eigenvalue weighted by molar-refractivity contribution is 6.25. The van der Waals surface area contributed by atoms with E-state index in [1.165, 1.54) is 4.90 Å². The number of aromatic hydroxyl groups is 1. The Hall–Kier alpha value is -3.64. The Labute approximate surface area is 214 Å². The Bertz CT molecular complexity index is 1270. The molecule has 4 rings (SSSR count). The van der Waals surface area contributed by atoms with E-state index >= 15 is 0 Å². The maximum atomic E-state index is 13.9. The zero-order chi connectivity index (χ0) is 27.6. The van der Waals surface area contributed by atoms with Crippen LogP contribution in [0.3, 0.4) is 0 Å². The van der Waals surface area contributed by atoms with E-state index in [2.05, 4.69) is 10.3 Å². The number of hydrogen-bond donors (Lipinski definition) is 6. The first-order valence-corrected chi connectivity index (χ1v) is 12.1. The number of Topliss-reactive ketones (excluding diaryl/α,β-unsaturated/α-hetero) is 2. The van der Waals surface area contributed by atoms with Gasteiger partial charge < -0.3 is 36.4 Å². The number of aliphatic hydroxyl groups excluding tert-OH is 2. The fourth-order valence-corrected chi connectivity index (χ4v) is 5.92. The molecular weight excluding hydrogens is 482 g/mol. The van der Waals surface area contributed by atoms with Crippen LogP contribution >= 0.6 is 0 Å². The van der Waals surface area contributed by atoms with Gasteiger partial charge in [-0.05, 0) is 39.3 Å². The molecule has 3 aliphatic carbocycles. The molecule has 0 aromatic carbocycles. The number of likely N-dealkylation sites (N-methyl/N-ethyl adjacent to an activating group) is 1. The molecule has 3 aliphatic rings. The number of anilines is 2. The summed E-state index contributed by atoms with van der Waals surface area (Å²) in [7, 11) is 6.69. The highest BCUT2D eigenvalue weighted by Crippen LogP contribution is 2.53. The van der Waals surface area contributed by atoms with Crippen molar-refractivity contribution in [2.24, 2.45) is 17.6 Å². The number of ketones is 2. The molecule has 1 aromatic rings. The predicted molar refractivity (Wildman–Crippen MR) is 135 cm³/mol. The van der Waals surface area contributed by atoms with Crippen molar-refractivity contribution in [3.05, 3.63) is 33.8 Å². The van der Waals surface area contributed by atoms with Crippen LogP contribution in [-0.4, -0.2) is 94.2 Å². The summed E-state index contributed by atoms with van der Waals surface area (Å²) >= 11 is 0. The Balaban J connectivity index is 1.96. The van der Waals surface area contributed by atoms with Gasteiger partial charge in [0.15, 0.2) is 23.0 Å². The number of hydrogen-bond acceptors (Lipinski definition) is 11. The molecule has 7 N–H and O–H groups in total. The topological polar surface area (TPSA) is 190 Å². The van der Waals surface area contributed by atoms with E-state index in [1.807, 2.05) is 6.92 Å². The first-order valence-electron chi connectivity index (χ1n) is 12.1. The Morgan fingerprint density at radius 1 is 1.19 bits per heavy atom. The Morgan fingerprint density at radius 3 is 2.38 bits per heavy atom. The number of pyridine rings is 1. The zero-order valence-corrected chi connectivity index (χ0v) is 21.5. The SMILES string of the molecule is CCCNc1nc(N(C)C)c2c(c1O)C(=O)C1=C(O)[C@]3(O)C(=O)C(C(N)=O)=C(O)[C@@H](N(C)C)[C@@H]3C[C@@H]1C2. The number of nitrogens with one attached hydrogen (secondary N) is 1. The summed E-state index contributed by atoms with van der Waals surface area (Å²) in [6, 6.07) is -1.04. The number of aromatic nitrogens is 1. The van der Waals surface area contributed by atoms with E-state index < -0.39 is 58.0 Å². The molecule has 0 unspecified atom stereocenters. The van der Waals surface area contributed by atoms with Crippen molar-refractivity contribution in [1.82, 2.24) is 9.88 Å². The van der Waals surface area contributed by atoms with Gasteiger partial charge in [0.05, 0.1) is 11.6 Å². The number of amides is 1. The van der Waals surface area contributed by atoms with Gasteiger partial charge in [0.25, 0.3) is 5.91 Å². The molecule has 200 valence electrons. The minimum Gasteiger partial charge on any atom is -0.510 e. The van der Waals surface area contributed by atoms with Gasteiger partial charge in [0.2, 0.25) is 5.78 Å². The zero-order valence-electron chi connectivity index (χ0n) is 21.5. The third-order valence-electron chi connectivity index (χ3n) is 7.53. The van der Waals surface area contributed by atoms with E-state index in [1.54, 1.807) is 33.1 Å². The number of nitrogens with two attached hydrogens (primary N) is 1. The van der Waals surface area contributed by atoms with Crippen LogP contribution in [0.15, 0.2) is 22.7 Å². The highest BCUT2D eigenvalue weighted by atomic mass is 16.3. The molecule has 1 aromatic heterocycles. The average molecular weight is 516 g/mol. The summed E-state index contributed by atoms with van der Waals surface area (Å²) in [5.41, 5.74) is 2.06. The van der Waals surface area contributed by atoms with Gasteiger partial charge in [-0.2, -0.15) is 0 Å². The van der Waals surface area contributed by atoms with E-state index in [-0.39, 0.29) is 35.5 Å². The molecule has 0 fully saturated rings. The molecule has 0 aliphatic heterocycles. The number of primary amides is 1. The maximum absolute atomic E-state index is 13.9. The number of nitrogens with zero attached hydrogens (tertiary/aromatic N) is 3. The van der Waals surface area contributed by atoms with Crippen LogP contribution in [-0.2, 0) is 16.0 Å².